The maximum atomic E-state index is 12.5. The van der Waals surface area contributed by atoms with Gasteiger partial charge in [-0.15, -0.1) is 11.8 Å². The number of allylic oxidation sites excluding steroid dienone is 1. The molecule has 6 heteroatoms. The van der Waals surface area contributed by atoms with E-state index in [1.165, 1.54) is 16.1 Å². The number of thioether (sulfide) groups is 1. The van der Waals surface area contributed by atoms with Crippen molar-refractivity contribution < 1.29 is 8.42 Å². The van der Waals surface area contributed by atoms with Gasteiger partial charge in [0.15, 0.2) is 0 Å². The van der Waals surface area contributed by atoms with Gasteiger partial charge >= 0.3 is 0 Å². The largest absolute Gasteiger partial charge is 0.310 e. The molecule has 0 aromatic carbocycles. The van der Waals surface area contributed by atoms with Gasteiger partial charge in [0.25, 0.3) is 0 Å². The molecule has 0 aromatic heterocycles. The van der Waals surface area contributed by atoms with E-state index >= 15 is 0 Å². The Labute approximate surface area is 128 Å². The summed E-state index contributed by atoms with van der Waals surface area (Å²) in [5, 5.41) is 3.48. The van der Waals surface area contributed by atoms with Gasteiger partial charge in [0.2, 0.25) is 10.0 Å². The van der Waals surface area contributed by atoms with Gasteiger partial charge in [0.05, 0.1) is 0 Å². The Morgan fingerprint density at radius 2 is 2.00 bits per heavy atom. The summed E-state index contributed by atoms with van der Waals surface area (Å²) in [4.78, 5) is 0. The van der Waals surface area contributed by atoms with E-state index in [0.717, 1.165) is 12.2 Å². The molecule has 1 heterocycles. The lowest BCUT2D eigenvalue weighted by molar-refractivity contribution is 0.224. The van der Waals surface area contributed by atoms with E-state index in [2.05, 4.69) is 39.9 Å². The molecule has 0 saturated heterocycles. The van der Waals surface area contributed by atoms with Crippen LogP contribution in [0.4, 0.5) is 0 Å². The minimum absolute atomic E-state index is 0.00521. The molecule has 0 fully saturated rings. The molecule has 0 bridgehead atoms. The first kappa shape index (κ1) is 18.0. The van der Waals surface area contributed by atoms with Crippen LogP contribution in [0.1, 0.15) is 41.0 Å². The normalized spacial score (nSPS) is 18.7. The number of nitrogens with one attached hydrogen (secondary N) is 1. The molecular formula is C14H28N2O2S2. The maximum absolute atomic E-state index is 12.5. The van der Waals surface area contributed by atoms with Crippen molar-refractivity contribution in [1.29, 1.82) is 0 Å². The van der Waals surface area contributed by atoms with Crippen LogP contribution in [0.2, 0.25) is 0 Å². The van der Waals surface area contributed by atoms with E-state index in [0.29, 0.717) is 16.8 Å². The highest BCUT2D eigenvalue weighted by molar-refractivity contribution is 8.18. The van der Waals surface area contributed by atoms with E-state index in [1.807, 2.05) is 6.08 Å². The minimum atomic E-state index is -3.31. The molecule has 4 nitrogen and oxygen atoms in total. The summed E-state index contributed by atoms with van der Waals surface area (Å²) >= 11 is 1.44. The number of rotatable bonds is 6. The second-order valence-corrected chi connectivity index (χ2v) is 10.1. The van der Waals surface area contributed by atoms with E-state index in [1.54, 1.807) is 7.05 Å². The van der Waals surface area contributed by atoms with Gasteiger partial charge < -0.3 is 5.32 Å². The zero-order chi connectivity index (χ0) is 15.6. The molecule has 1 atom stereocenters. The van der Waals surface area contributed by atoms with Crippen LogP contribution >= 0.6 is 11.8 Å². The molecule has 20 heavy (non-hydrogen) atoms. The first-order chi connectivity index (χ1) is 9.05. The van der Waals surface area contributed by atoms with Crippen LogP contribution in [0.25, 0.3) is 0 Å². The number of likely N-dealkylation sites (N-methyl/N-ethyl adjacent to an activating group) is 1. The van der Waals surface area contributed by atoms with Crippen LogP contribution in [0.3, 0.4) is 0 Å². The fraction of sp³-hybridized carbons (Fsp3) is 0.857. The molecule has 0 saturated carbocycles. The second kappa shape index (κ2) is 6.81. The van der Waals surface area contributed by atoms with Gasteiger partial charge in [-0.1, -0.05) is 40.7 Å². The van der Waals surface area contributed by atoms with Crippen LogP contribution in [0, 0.1) is 5.41 Å². The third-order valence-electron chi connectivity index (χ3n) is 3.36. The van der Waals surface area contributed by atoms with Crippen molar-refractivity contribution in [1.82, 2.24) is 9.62 Å². The monoisotopic (exact) mass is 320 g/mol. The summed E-state index contributed by atoms with van der Waals surface area (Å²) in [6.45, 7) is 11.1. The summed E-state index contributed by atoms with van der Waals surface area (Å²) in [6.07, 6.45) is 2.68. The van der Waals surface area contributed by atoms with E-state index < -0.39 is 10.0 Å². The van der Waals surface area contributed by atoms with Gasteiger partial charge in [-0.05, 0) is 11.8 Å². The fourth-order valence-electron chi connectivity index (χ4n) is 2.06. The second-order valence-electron chi connectivity index (χ2n) is 6.69. The van der Waals surface area contributed by atoms with Gasteiger partial charge in [-0.2, -0.15) is 4.31 Å². The van der Waals surface area contributed by atoms with Crippen LogP contribution in [-0.4, -0.2) is 44.2 Å². The van der Waals surface area contributed by atoms with Crippen molar-refractivity contribution in [2.45, 2.75) is 53.1 Å². The van der Waals surface area contributed by atoms with Crippen molar-refractivity contribution in [3.8, 4) is 0 Å². The summed E-state index contributed by atoms with van der Waals surface area (Å²) in [5.74, 6) is 0.870. The number of nitrogens with zero attached hydrogens (tertiary/aromatic N) is 1. The first-order valence-corrected chi connectivity index (χ1v) is 9.53. The molecule has 0 aliphatic carbocycles. The quantitative estimate of drug-likeness (QED) is 0.817. The molecular weight excluding hydrogens is 292 g/mol. The SMILES string of the molecule is CC(C)N[C@H](CN(C)S(=O)(=O)C1=CCCS1)C(C)(C)C. The molecule has 1 aliphatic heterocycles. The highest BCUT2D eigenvalue weighted by atomic mass is 32.3. The highest BCUT2D eigenvalue weighted by Gasteiger charge is 2.32. The van der Waals surface area contributed by atoms with E-state index in [-0.39, 0.29) is 11.5 Å². The molecule has 0 spiro atoms. The lowest BCUT2D eigenvalue weighted by Crippen LogP contribution is -2.51. The van der Waals surface area contributed by atoms with Crippen molar-refractivity contribution >= 4 is 21.8 Å². The Kier molecular flexibility index (Phi) is 6.14. The third-order valence-corrected chi connectivity index (χ3v) is 6.88. The van der Waals surface area contributed by atoms with E-state index in [4.69, 9.17) is 0 Å². The Morgan fingerprint density at radius 3 is 2.40 bits per heavy atom. The molecule has 0 radical (unpaired) electrons. The van der Waals surface area contributed by atoms with Crippen molar-refractivity contribution in [3.05, 3.63) is 10.3 Å². The average molecular weight is 321 g/mol. The summed E-state index contributed by atoms with van der Waals surface area (Å²) in [5.41, 5.74) is 0.00521. The third kappa shape index (κ3) is 4.76. The van der Waals surface area contributed by atoms with Crippen molar-refractivity contribution in [2.75, 3.05) is 19.3 Å². The van der Waals surface area contributed by atoms with Crippen LogP contribution in [-0.2, 0) is 10.0 Å². The topological polar surface area (TPSA) is 49.4 Å². The fourth-order valence-corrected chi connectivity index (χ4v) is 4.94. The zero-order valence-electron chi connectivity index (χ0n) is 13.4. The average Bonchev–Trinajstić information content (AvgIpc) is 2.79. The molecule has 0 unspecified atom stereocenters. The van der Waals surface area contributed by atoms with Crippen LogP contribution < -0.4 is 5.32 Å². The molecule has 1 N–H and O–H groups in total. The lowest BCUT2D eigenvalue weighted by Gasteiger charge is -2.35. The number of hydrogen-bond acceptors (Lipinski definition) is 4. The molecule has 0 amide bonds. The Hall–Kier alpha value is -0.0400. The smallest absolute Gasteiger partial charge is 0.248 e. The molecule has 118 valence electrons. The molecule has 0 aromatic rings. The summed E-state index contributed by atoms with van der Waals surface area (Å²) in [6, 6.07) is 0.449. The summed E-state index contributed by atoms with van der Waals surface area (Å²) < 4.78 is 27.0. The Bertz CT molecular complexity index is 450. The molecule has 1 aliphatic rings. The van der Waals surface area contributed by atoms with Crippen molar-refractivity contribution in [3.63, 3.8) is 0 Å². The standard InChI is InChI=1S/C14H28N2O2S2/c1-11(2)15-12(14(3,4)5)10-16(6)20(17,18)13-8-7-9-19-13/h8,11-12,15H,7,9-10H2,1-6H3/t12-/m1/s1. The molecule has 1 rings (SSSR count). The summed E-state index contributed by atoms with van der Waals surface area (Å²) in [7, 11) is -1.64. The van der Waals surface area contributed by atoms with Gasteiger partial charge in [0, 0.05) is 31.4 Å². The first-order valence-electron chi connectivity index (χ1n) is 7.10. The number of sulfonamides is 1. The predicted molar refractivity (Wildman–Crippen MR) is 88.2 cm³/mol. The van der Waals surface area contributed by atoms with Gasteiger partial charge in [-0.3, -0.25) is 0 Å². The van der Waals surface area contributed by atoms with Crippen molar-refractivity contribution in [2.24, 2.45) is 5.41 Å². The van der Waals surface area contributed by atoms with E-state index in [9.17, 15) is 8.42 Å². The predicted octanol–water partition coefficient (Wildman–Crippen LogP) is 2.64. The minimum Gasteiger partial charge on any atom is -0.310 e. The van der Waals surface area contributed by atoms with Gasteiger partial charge in [-0.25, -0.2) is 8.42 Å². The zero-order valence-corrected chi connectivity index (χ0v) is 15.1. The maximum Gasteiger partial charge on any atom is 0.248 e. The highest BCUT2D eigenvalue weighted by Crippen LogP contribution is 2.32. The lowest BCUT2D eigenvalue weighted by atomic mass is 9.86. The Morgan fingerprint density at radius 1 is 1.40 bits per heavy atom. The van der Waals surface area contributed by atoms with Crippen LogP contribution in [0.15, 0.2) is 10.3 Å². The number of hydrogen-bond donors (Lipinski definition) is 1. The van der Waals surface area contributed by atoms with Crippen LogP contribution in [0.5, 0.6) is 0 Å². The Balaban J connectivity index is 2.82. The van der Waals surface area contributed by atoms with Gasteiger partial charge in [0.1, 0.15) is 4.24 Å².